The zero-order chi connectivity index (χ0) is 18.6. The van der Waals surface area contributed by atoms with Gasteiger partial charge >= 0.3 is 0 Å². The van der Waals surface area contributed by atoms with Crippen LogP contribution in [0, 0.1) is 0 Å². The van der Waals surface area contributed by atoms with Gasteiger partial charge in [0.25, 0.3) is 5.56 Å². The zero-order valence-electron chi connectivity index (χ0n) is 14.5. The molecule has 27 heavy (non-hydrogen) atoms. The van der Waals surface area contributed by atoms with Crippen molar-refractivity contribution in [3.63, 3.8) is 0 Å². The number of rotatable bonds is 5. The predicted octanol–water partition coefficient (Wildman–Crippen LogP) is 4.15. The van der Waals surface area contributed by atoms with Gasteiger partial charge < -0.3 is 5.32 Å². The highest BCUT2D eigenvalue weighted by Crippen LogP contribution is 2.24. The number of fused-ring (bicyclic) bond motifs is 1. The number of anilines is 1. The molecular weight excluding hydrogens is 358 g/mol. The monoisotopic (exact) mass is 375 g/mol. The van der Waals surface area contributed by atoms with Crippen molar-refractivity contribution in [2.24, 2.45) is 0 Å². The second-order valence-corrected chi connectivity index (χ2v) is 6.93. The van der Waals surface area contributed by atoms with Crippen LogP contribution in [0.5, 0.6) is 0 Å². The van der Waals surface area contributed by atoms with Gasteiger partial charge in [0, 0.05) is 18.7 Å². The number of hydrogen-bond donors (Lipinski definition) is 1. The molecule has 2 aromatic carbocycles. The lowest BCUT2D eigenvalue weighted by atomic mass is 10.1. The van der Waals surface area contributed by atoms with Crippen molar-refractivity contribution in [2.45, 2.75) is 13.0 Å². The number of aryl methyl sites for hydroxylation is 1. The maximum absolute atomic E-state index is 12.5. The smallest absolute Gasteiger partial charge is 0.261 e. The first kappa shape index (κ1) is 17.2. The number of carbonyl (C=O) groups excluding carboxylic acids is 1. The number of thiophene rings is 1. The third-order valence-electron chi connectivity index (χ3n) is 4.31. The summed E-state index contributed by atoms with van der Waals surface area (Å²) in [6.07, 6.45) is 1.69. The van der Waals surface area contributed by atoms with Crippen molar-refractivity contribution in [1.29, 1.82) is 0 Å². The number of nitrogens with one attached hydrogen (secondary N) is 1. The summed E-state index contributed by atoms with van der Waals surface area (Å²) in [5.74, 6) is -0.141. The Morgan fingerprint density at radius 3 is 2.81 bits per heavy atom. The Kier molecular flexibility index (Phi) is 4.80. The largest absolute Gasteiger partial charge is 0.326 e. The molecule has 4 rings (SSSR count). The lowest BCUT2D eigenvalue weighted by molar-refractivity contribution is -0.116. The van der Waals surface area contributed by atoms with Gasteiger partial charge in [0.15, 0.2) is 0 Å². The molecule has 0 aliphatic carbocycles. The second kappa shape index (κ2) is 7.55. The molecule has 0 aliphatic rings. The molecule has 0 bridgehead atoms. The fraction of sp³-hybridized carbons (Fsp3) is 0.0952. The Balaban J connectivity index is 1.44. The van der Waals surface area contributed by atoms with Crippen LogP contribution in [0.2, 0.25) is 0 Å². The number of nitrogens with zero attached hydrogens (tertiary/aromatic N) is 2. The fourth-order valence-corrected chi connectivity index (χ4v) is 3.58. The molecule has 0 fully saturated rings. The average molecular weight is 375 g/mol. The van der Waals surface area contributed by atoms with Crippen molar-refractivity contribution in [3.05, 3.63) is 82.0 Å². The third kappa shape index (κ3) is 3.80. The number of hydrogen-bond acceptors (Lipinski definition) is 4. The average Bonchev–Trinajstić information content (AvgIpc) is 3.23. The third-order valence-corrected chi connectivity index (χ3v) is 5.00. The molecule has 4 aromatic rings. The standard InChI is InChI=1S/C21H17N3O2S/c25-20(23-17-5-3-4-15(12-17)16-9-11-27-13-16)8-10-24-14-22-19-7-2-1-6-18(19)21(24)26/h1-7,9,11-14H,8,10H2,(H,23,25). The summed E-state index contributed by atoms with van der Waals surface area (Å²) < 4.78 is 1.48. The molecule has 0 unspecified atom stereocenters. The summed E-state index contributed by atoms with van der Waals surface area (Å²) in [6.45, 7) is 0.284. The lowest BCUT2D eigenvalue weighted by Crippen LogP contribution is -2.23. The van der Waals surface area contributed by atoms with Crippen LogP contribution in [0.3, 0.4) is 0 Å². The summed E-state index contributed by atoms with van der Waals surface area (Å²) in [5.41, 5.74) is 3.46. The molecule has 0 spiro atoms. The van der Waals surface area contributed by atoms with Crippen molar-refractivity contribution >= 4 is 33.8 Å². The highest BCUT2D eigenvalue weighted by Gasteiger charge is 2.07. The van der Waals surface area contributed by atoms with E-state index in [-0.39, 0.29) is 24.4 Å². The molecule has 5 nitrogen and oxygen atoms in total. The van der Waals surface area contributed by atoms with E-state index >= 15 is 0 Å². The minimum absolute atomic E-state index is 0.132. The summed E-state index contributed by atoms with van der Waals surface area (Å²) in [7, 11) is 0. The number of carbonyl (C=O) groups is 1. The molecule has 0 saturated carbocycles. The van der Waals surface area contributed by atoms with Gasteiger partial charge in [-0.3, -0.25) is 14.2 Å². The van der Waals surface area contributed by atoms with Gasteiger partial charge in [-0.05, 0) is 52.2 Å². The van der Waals surface area contributed by atoms with E-state index in [9.17, 15) is 9.59 Å². The Morgan fingerprint density at radius 1 is 1.07 bits per heavy atom. The van der Waals surface area contributed by atoms with Crippen LogP contribution in [0.25, 0.3) is 22.0 Å². The van der Waals surface area contributed by atoms with Gasteiger partial charge in [-0.1, -0.05) is 24.3 Å². The minimum atomic E-state index is -0.141. The van der Waals surface area contributed by atoms with E-state index in [0.29, 0.717) is 10.9 Å². The van der Waals surface area contributed by atoms with Crippen LogP contribution in [0.15, 0.2) is 76.5 Å². The first-order chi connectivity index (χ1) is 13.2. The highest BCUT2D eigenvalue weighted by molar-refractivity contribution is 7.08. The fourth-order valence-electron chi connectivity index (χ4n) is 2.92. The van der Waals surface area contributed by atoms with E-state index in [1.165, 1.54) is 10.9 Å². The van der Waals surface area contributed by atoms with Gasteiger partial charge in [0.1, 0.15) is 0 Å². The Labute approximate surface area is 159 Å². The molecule has 0 aliphatic heterocycles. The topological polar surface area (TPSA) is 64.0 Å². The van der Waals surface area contributed by atoms with Crippen LogP contribution in [-0.2, 0) is 11.3 Å². The van der Waals surface area contributed by atoms with Gasteiger partial charge in [0.2, 0.25) is 5.91 Å². The first-order valence-corrected chi connectivity index (χ1v) is 9.52. The molecule has 0 saturated heterocycles. The van der Waals surface area contributed by atoms with E-state index in [0.717, 1.165) is 16.8 Å². The Hall–Kier alpha value is -3.25. The van der Waals surface area contributed by atoms with E-state index in [2.05, 4.69) is 15.7 Å². The zero-order valence-corrected chi connectivity index (χ0v) is 15.3. The van der Waals surface area contributed by atoms with Gasteiger partial charge in [-0.25, -0.2) is 4.98 Å². The SMILES string of the molecule is O=C(CCn1cnc2ccccc2c1=O)Nc1cccc(-c2ccsc2)c1. The first-order valence-electron chi connectivity index (χ1n) is 8.57. The summed E-state index contributed by atoms with van der Waals surface area (Å²) in [4.78, 5) is 29.1. The molecule has 2 aromatic heterocycles. The number of amides is 1. The van der Waals surface area contributed by atoms with Gasteiger partial charge in [0.05, 0.1) is 17.2 Å². The second-order valence-electron chi connectivity index (χ2n) is 6.15. The van der Waals surface area contributed by atoms with E-state index in [1.807, 2.05) is 47.8 Å². The minimum Gasteiger partial charge on any atom is -0.326 e. The molecule has 6 heteroatoms. The van der Waals surface area contributed by atoms with Crippen LogP contribution >= 0.6 is 11.3 Å². The van der Waals surface area contributed by atoms with Crippen molar-refractivity contribution < 1.29 is 4.79 Å². The van der Waals surface area contributed by atoms with Crippen LogP contribution in [0.1, 0.15) is 6.42 Å². The van der Waals surface area contributed by atoms with Crippen LogP contribution < -0.4 is 10.9 Å². The summed E-state index contributed by atoms with van der Waals surface area (Å²) >= 11 is 1.64. The lowest BCUT2D eigenvalue weighted by Gasteiger charge is -2.09. The summed E-state index contributed by atoms with van der Waals surface area (Å²) in [6, 6.07) is 17.0. The molecule has 2 heterocycles. The van der Waals surface area contributed by atoms with Crippen LogP contribution in [0.4, 0.5) is 5.69 Å². The Bertz CT molecular complexity index is 1150. The van der Waals surface area contributed by atoms with E-state index < -0.39 is 0 Å². The highest BCUT2D eigenvalue weighted by atomic mass is 32.1. The number of para-hydroxylation sites is 1. The summed E-state index contributed by atoms with van der Waals surface area (Å²) in [5, 5.41) is 7.55. The molecule has 134 valence electrons. The van der Waals surface area contributed by atoms with Gasteiger partial charge in [-0.15, -0.1) is 0 Å². The van der Waals surface area contributed by atoms with Crippen molar-refractivity contribution in [2.75, 3.05) is 5.32 Å². The molecule has 0 radical (unpaired) electrons. The molecule has 1 amide bonds. The number of benzene rings is 2. The van der Waals surface area contributed by atoms with Gasteiger partial charge in [-0.2, -0.15) is 11.3 Å². The molecule has 0 atom stereocenters. The maximum Gasteiger partial charge on any atom is 0.261 e. The van der Waals surface area contributed by atoms with E-state index in [1.54, 1.807) is 23.5 Å². The number of aromatic nitrogens is 2. The maximum atomic E-state index is 12.5. The normalized spacial score (nSPS) is 10.8. The van der Waals surface area contributed by atoms with Crippen molar-refractivity contribution in [1.82, 2.24) is 9.55 Å². The Morgan fingerprint density at radius 2 is 1.96 bits per heavy atom. The molecular formula is C21H17N3O2S. The predicted molar refractivity (Wildman–Crippen MR) is 109 cm³/mol. The quantitative estimate of drug-likeness (QED) is 0.570. The van der Waals surface area contributed by atoms with Crippen LogP contribution in [-0.4, -0.2) is 15.5 Å². The molecule has 1 N–H and O–H groups in total. The van der Waals surface area contributed by atoms with E-state index in [4.69, 9.17) is 0 Å². The van der Waals surface area contributed by atoms with Crippen molar-refractivity contribution in [3.8, 4) is 11.1 Å².